The summed E-state index contributed by atoms with van der Waals surface area (Å²) in [5.41, 5.74) is 0.264. The van der Waals surface area contributed by atoms with Crippen LogP contribution in [0.3, 0.4) is 0 Å². The van der Waals surface area contributed by atoms with Crippen LogP contribution in [0.2, 0.25) is 0 Å². The smallest absolute Gasteiger partial charge is 0.410 e. The van der Waals surface area contributed by atoms with Gasteiger partial charge in [-0.2, -0.15) is 0 Å². The van der Waals surface area contributed by atoms with E-state index < -0.39 is 5.60 Å². The third-order valence-corrected chi connectivity index (χ3v) is 3.42. The van der Waals surface area contributed by atoms with Crippen molar-refractivity contribution < 1.29 is 9.53 Å². The lowest BCUT2D eigenvalue weighted by molar-refractivity contribution is 0.0196. The van der Waals surface area contributed by atoms with E-state index >= 15 is 0 Å². The fraction of sp³-hybridized carbons (Fsp3) is 0.538. The molecule has 0 bridgehead atoms. The number of fused-ring (bicyclic) bond motifs is 1. The fourth-order valence-electron chi connectivity index (χ4n) is 1.95. The van der Waals surface area contributed by atoms with Crippen molar-refractivity contribution in [3.63, 3.8) is 0 Å². The lowest BCUT2D eigenvalue weighted by Gasteiger charge is -2.31. The highest BCUT2D eigenvalue weighted by Gasteiger charge is 2.26. The summed E-state index contributed by atoms with van der Waals surface area (Å²) in [5.74, 6) is 0. The van der Waals surface area contributed by atoms with Gasteiger partial charge in [-0.25, -0.2) is 4.79 Å². The zero-order valence-corrected chi connectivity index (χ0v) is 12.9. The largest absolute Gasteiger partial charge is 0.444 e. The van der Waals surface area contributed by atoms with Crippen LogP contribution in [-0.4, -0.2) is 27.7 Å². The molecule has 2 heterocycles. The highest BCUT2D eigenvalue weighted by molar-refractivity contribution is 9.10. The maximum absolute atomic E-state index is 12.0. The SMILES string of the molecule is CC(C)(C)OC(=O)N1CCn2c(ccc(Br)c2=O)C1. The van der Waals surface area contributed by atoms with Crippen LogP contribution in [0.1, 0.15) is 26.5 Å². The summed E-state index contributed by atoms with van der Waals surface area (Å²) in [5, 5.41) is 0. The molecule has 0 saturated carbocycles. The van der Waals surface area contributed by atoms with Gasteiger partial charge in [-0.3, -0.25) is 4.79 Å². The molecule has 1 amide bonds. The van der Waals surface area contributed by atoms with E-state index in [0.717, 1.165) is 5.69 Å². The van der Waals surface area contributed by atoms with Crippen LogP contribution in [0.5, 0.6) is 0 Å². The predicted octanol–water partition coefficient (Wildman–Crippen LogP) is 2.36. The standard InChI is InChI=1S/C13H17BrN2O3/c1-13(2,3)19-12(18)15-6-7-16-9(8-15)4-5-10(14)11(16)17/h4-5H,6-8H2,1-3H3. The lowest BCUT2D eigenvalue weighted by Crippen LogP contribution is -2.44. The third-order valence-electron chi connectivity index (χ3n) is 2.82. The van der Waals surface area contributed by atoms with Crippen LogP contribution in [0.25, 0.3) is 0 Å². The molecular weight excluding hydrogens is 312 g/mol. The van der Waals surface area contributed by atoms with Crippen LogP contribution in [-0.2, 0) is 17.8 Å². The zero-order valence-electron chi connectivity index (χ0n) is 11.3. The molecule has 0 saturated heterocycles. The van der Waals surface area contributed by atoms with Crippen molar-refractivity contribution in [2.24, 2.45) is 0 Å². The van der Waals surface area contributed by atoms with E-state index in [0.29, 0.717) is 24.1 Å². The van der Waals surface area contributed by atoms with Gasteiger partial charge in [0.1, 0.15) is 5.60 Å². The second-order valence-electron chi connectivity index (χ2n) is 5.53. The van der Waals surface area contributed by atoms with Crippen molar-refractivity contribution in [3.8, 4) is 0 Å². The second kappa shape index (κ2) is 5.00. The summed E-state index contributed by atoms with van der Waals surface area (Å²) < 4.78 is 7.57. The summed E-state index contributed by atoms with van der Waals surface area (Å²) in [6, 6.07) is 3.56. The number of halogens is 1. The number of pyridine rings is 1. The molecule has 0 N–H and O–H groups in total. The summed E-state index contributed by atoms with van der Waals surface area (Å²) >= 11 is 3.22. The van der Waals surface area contributed by atoms with Crippen molar-refractivity contribution in [1.29, 1.82) is 0 Å². The summed E-state index contributed by atoms with van der Waals surface area (Å²) in [7, 11) is 0. The molecule has 0 unspecified atom stereocenters. The van der Waals surface area contributed by atoms with E-state index in [1.807, 2.05) is 26.8 Å². The molecule has 5 nitrogen and oxygen atoms in total. The maximum Gasteiger partial charge on any atom is 0.410 e. The quantitative estimate of drug-likeness (QED) is 0.734. The molecule has 0 atom stereocenters. The molecular formula is C13H17BrN2O3. The molecule has 104 valence electrons. The van der Waals surface area contributed by atoms with Gasteiger partial charge in [0.15, 0.2) is 0 Å². The molecule has 0 radical (unpaired) electrons. The molecule has 0 fully saturated rings. The Kier molecular flexibility index (Phi) is 3.71. The van der Waals surface area contributed by atoms with E-state index in [2.05, 4.69) is 15.9 Å². The number of rotatable bonds is 0. The van der Waals surface area contributed by atoms with Gasteiger partial charge in [0.05, 0.1) is 11.0 Å². The molecule has 1 aliphatic heterocycles. The van der Waals surface area contributed by atoms with Crippen molar-refractivity contribution in [2.75, 3.05) is 6.54 Å². The van der Waals surface area contributed by atoms with Crippen molar-refractivity contribution in [3.05, 3.63) is 32.7 Å². The monoisotopic (exact) mass is 328 g/mol. The summed E-state index contributed by atoms with van der Waals surface area (Å²) in [6.07, 6.45) is -0.339. The Morgan fingerprint density at radius 3 is 2.63 bits per heavy atom. The van der Waals surface area contributed by atoms with E-state index in [9.17, 15) is 9.59 Å². The molecule has 1 aliphatic rings. The average Bonchev–Trinajstić information content (AvgIpc) is 2.31. The van der Waals surface area contributed by atoms with Crippen LogP contribution in [0.15, 0.2) is 21.4 Å². The number of hydrogen-bond donors (Lipinski definition) is 0. The van der Waals surface area contributed by atoms with Gasteiger partial charge in [-0.1, -0.05) is 0 Å². The van der Waals surface area contributed by atoms with E-state index in [4.69, 9.17) is 4.74 Å². The van der Waals surface area contributed by atoms with Crippen LogP contribution in [0, 0.1) is 0 Å². The van der Waals surface area contributed by atoms with Crippen LogP contribution < -0.4 is 5.56 Å². The molecule has 19 heavy (non-hydrogen) atoms. The minimum atomic E-state index is -0.506. The van der Waals surface area contributed by atoms with Crippen molar-refractivity contribution in [1.82, 2.24) is 9.47 Å². The Bertz CT molecular complexity index is 560. The molecule has 1 aromatic heterocycles. The van der Waals surface area contributed by atoms with Gasteiger partial charge < -0.3 is 14.2 Å². The van der Waals surface area contributed by atoms with Gasteiger partial charge in [-0.05, 0) is 48.8 Å². The predicted molar refractivity (Wildman–Crippen MR) is 75.0 cm³/mol. The minimum absolute atomic E-state index is 0.0543. The molecule has 2 rings (SSSR count). The van der Waals surface area contributed by atoms with Gasteiger partial charge in [-0.15, -0.1) is 0 Å². The number of carbonyl (C=O) groups is 1. The molecule has 1 aromatic rings. The number of hydrogen-bond acceptors (Lipinski definition) is 3. The summed E-state index contributed by atoms with van der Waals surface area (Å²) in [4.78, 5) is 25.5. The minimum Gasteiger partial charge on any atom is -0.444 e. The molecule has 0 aromatic carbocycles. The first-order chi connectivity index (χ1) is 8.78. The first-order valence-electron chi connectivity index (χ1n) is 6.14. The van der Waals surface area contributed by atoms with Crippen LogP contribution >= 0.6 is 15.9 Å². The topological polar surface area (TPSA) is 51.5 Å². The first-order valence-corrected chi connectivity index (χ1v) is 6.93. The Morgan fingerprint density at radius 1 is 1.32 bits per heavy atom. The van der Waals surface area contributed by atoms with Gasteiger partial charge in [0, 0.05) is 18.8 Å². The number of amides is 1. The van der Waals surface area contributed by atoms with Gasteiger partial charge >= 0.3 is 6.09 Å². The number of carbonyl (C=O) groups excluding carboxylic acids is 1. The Morgan fingerprint density at radius 2 is 2.00 bits per heavy atom. The maximum atomic E-state index is 12.0. The Hall–Kier alpha value is -1.30. The van der Waals surface area contributed by atoms with E-state index in [1.54, 1.807) is 15.5 Å². The highest BCUT2D eigenvalue weighted by atomic mass is 79.9. The zero-order chi connectivity index (χ0) is 14.2. The van der Waals surface area contributed by atoms with Crippen LogP contribution in [0.4, 0.5) is 4.79 Å². The fourth-order valence-corrected chi connectivity index (χ4v) is 2.30. The normalized spacial score (nSPS) is 15.1. The number of aromatic nitrogens is 1. The third kappa shape index (κ3) is 3.18. The van der Waals surface area contributed by atoms with Crippen molar-refractivity contribution >= 4 is 22.0 Å². The second-order valence-corrected chi connectivity index (χ2v) is 6.39. The molecule has 6 heteroatoms. The molecule has 0 spiro atoms. The highest BCUT2D eigenvalue weighted by Crippen LogP contribution is 2.16. The van der Waals surface area contributed by atoms with E-state index in [-0.39, 0.29) is 11.7 Å². The van der Waals surface area contributed by atoms with Gasteiger partial charge in [0.25, 0.3) is 5.56 Å². The van der Waals surface area contributed by atoms with Gasteiger partial charge in [0.2, 0.25) is 0 Å². The van der Waals surface area contributed by atoms with Crippen molar-refractivity contribution in [2.45, 2.75) is 39.5 Å². The average molecular weight is 329 g/mol. The molecule has 0 aliphatic carbocycles. The number of ether oxygens (including phenoxy) is 1. The Labute approximate surface area is 120 Å². The van der Waals surface area contributed by atoms with E-state index in [1.165, 1.54) is 0 Å². The summed E-state index contributed by atoms with van der Waals surface area (Å²) in [6.45, 7) is 6.89. The Balaban J connectivity index is 2.17. The number of nitrogens with zero attached hydrogens (tertiary/aromatic N) is 2. The lowest BCUT2D eigenvalue weighted by atomic mass is 10.2. The first kappa shape index (κ1) is 14.1.